The molecule has 1 aromatic carbocycles. The van der Waals surface area contributed by atoms with E-state index in [9.17, 15) is 0 Å². The highest BCUT2D eigenvalue weighted by atomic mass is 28.3. The van der Waals surface area contributed by atoms with E-state index in [1.807, 2.05) is 0 Å². The van der Waals surface area contributed by atoms with Crippen molar-refractivity contribution in [2.45, 2.75) is 19.6 Å². The summed E-state index contributed by atoms with van der Waals surface area (Å²) in [4.78, 5) is 0. The van der Waals surface area contributed by atoms with Crippen LogP contribution in [0.5, 0.6) is 0 Å². The van der Waals surface area contributed by atoms with Crippen LogP contribution in [0.4, 0.5) is 5.69 Å². The van der Waals surface area contributed by atoms with Gasteiger partial charge in [0.25, 0.3) is 0 Å². The Morgan fingerprint density at radius 1 is 1.15 bits per heavy atom. The van der Waals surface area contributed by atoms with E-state index < -0.39 is 8.07 Å². The third kappa shape index (κ3) is 2.74. The summed E-state index contributed by atoms with van der Waals surface area (Å²) in [6, 6.07) is 8.63. The summed E-state index contributed by atoms with van der Waals surface area (Å²) in [5.41, 5.74) is 1.11. The molecule has 1 aromatic rings. The van der Waals surface area contributed by atoms with Gasteiger partial charge in [0, 0.05) is 5.69 Å². The second-order valence-electron chi connectivity index (χ2n) is 4.18. The van der Waals surface area contributed by atoms with E-state index >= 15 is 0 Å². The largest absolute Gasteiger partial charge is 0.362 e. The summed E-state index contributed by atoms with van der Waals surface area (Å²) in [5.74, 6) is 0. The van der Waals surface area contributed by atoms with Crippen molar-refractivity contribution < 1.29 is 0 Å². The predicted molar refractivity (Wildman–Crippen MR) is 63.2 cm³/mol. The van der Waals surface area contributed by atoms with E-state index in [1.165, 1.54) is 5.19 Å². The maximum atomic E-state index is 3.62. The van der Waals surface area contributed by atoms with Crippen molar-refractivity contribution in [3.63, 3.8) is 0 Å². The molecule has 70 valence electrons. The Bertz CT molecular complexity index is 282. The van der Waals surface area contributed by atoms with Crippen LogP contribution < -0.4 is 10.5 Å². The number of nitrogens with one attached hydrogen (secondary N) is 1. The zero-order valence-electron chi connectivity index (χ0n) is 8.59. The lowest BCUT2D eigenvalue weighted by Gasteiger charge is -2.16. The van der Waals surface area contributed by atoms with Crippen molar-refractivity contribution in [3.8, 4) is 0 Å². The fourth-order valence-electron chi connectivity index (χ4n) is 1.18. The molecule has 0 atom stereocenters. The maximum Gasteiger partial charge on any atom is 0.0775 e. The third-order valence-corrected chi connectivity index (χ3v) is 4.09. The molecule has 0 bridgehead atoms. The van der Waals surface area contributed by atoms with E-state index in [2.05, 4.69) is 55.8 Å². The SMILES string of the molecule is C=CNc1ccc([Si](C)(C)C)cc1. The molecule has 1 N–H and O–H groups in total. The third-order valence-electron chi connectivity index (χ3n) is 2.02. The van der Waals surface area contributed by atoms with Gasteiger partial charge in [0.1, 0.15) is 0 Å². The fourth-order valence-corrected chi connectivity index (χ4v) is 2.35. The first kappa shape index (κ1) is 10.1. The monoisotopic (exact) mass is 191 g/mol. The van der Waals surface area contributed by atoms with E-state index in [0.717, 1.165) is 5.69 Å². The van der Waals surface area contributed by atoms with Gasteiger partial charge in [-0.3, -0.25) is 0 Å². The van der Waals surface area contributed by atoms with Gasteiger partial charge >= 0.3 is 0 Å². The van der Waals surface area contributed by atoms with Crippen molar-refractivity contribution >= 4 is 18.9 Å². The highest BCUT2D eigenvalue weighted by molar-refractivity contribution is 6.88. The molecule has 0 aromatic heterocycles. The van der Waals surface area contributed by atoms with Crippen molar-refractivity contribution in [3.05, 3.63) is 37.0 Å². The minimum absolute atomic E-state index is 1.11. The number of benzene rings is 1. The van der Waals surface area contributed by atoms with E-state index in [0.29, 0.717) is 0 Å². The van der Waals surface area contributed by atoms with Crippen LogP contribution in [-0.4, -0.2) is 8.07 Å². The van der Waals surface area contributed by atoms with Crippen LogP contribution in [0.2, 0.25) is 19.6 Å². The van der Waals surface area contributed by atoms with E-state index in [-0.39, 0.29) is 0 Å². The molecule has 0 amide bonds. The van der Waals surface area contributed by atoms with Crippen LogP contribution in [0.3, 0.4) is 0 Å². The van der Waals surface area contributed by atoms with Gasteiger partial charge in [0.15, 0.2) is 0 Å². The first-order valence-electron chi connectivity index (χ1n) is 4.52. The van der Waals surface area contributed by atoms with Crippen molar-refractivity contribution in [2.75, 3.05) is 5.32 Å². The van der Waals surface area contributed by atoms with Gasteiger partial charge in [-0.2, -0.15) is 0 Å². The predicted octanol–water partition coefficient (Wildman–Crippen LogP) is 2.79. The van der Waals surface area contributed by atoms with Crippen molar-refractivity contribution in [2.24, 2.45) is 0 Å². The fraction of sp³-hybridized carbons (Fsp3) is 0.273. The summed E-state index contributed by atoms with van der Waals surface area (Å²) in [6.45, 7) is 10.7. The molecule has 0 aliphatic carbocycles. The summed E-state index contributed by atoms with van der Waals surface area (Å²) in [7, 11) is -1.13. The van der Waals surface area contributed by atoms with Crippen LogP contribution >= 0.6 is 0 Å². The minimum atomic E-state index is -1.13. The zero-order chi connectivity index (χ0) is 9.90. The van der Waals surface area contributed by atoms with Gasteiger partial charge < -0.3 is 5.32 Å². The first-order valence-corrected chi connectivity index (χ1v) is 8.02. The number of hydrogen-bond donors (Lipinski definition) is 1. The van der Waals surface area contributed by atoms with Gasteiger partial charge in [-0.15, -0.1) is 0 Å². The van der Waals surface area contributed by atoms with Crippen LogP contribution in [-0.2, 0) is 0 Å². The first-order chi connectivity index (χ1) is 6.04. The van der Waals surface area contributed by atoms with Crippen LogP contribution in [0.25, 0.3) is 0 Å². The zero-order valence-corrected chi connectivity index (χ0v) is 9.59. The second-order valence-corrected chi connectivity index (χ2v) is 9.25. The van der Waals surface area contributed by atoms with Crippen LogP contribution in [0, 0.1) is 0 Å². The Morgan fingerprint density at radius 2 is 1.69 bits per heavy atom. The average Bonchev–Trinajstić information content (AvgIpc) is 2.04. The summed E-state index contributed by atoms with van der Waals surface area (Å²) in [5, 5.41) is 4.55. The Balaban J connectivity index is 2.87. The highest BCUT2D eigenvalue weighted by Crippen LogP contribution is 2.07. The molecular weight excluding hydrogens is 174 g/mol. The molecule has 13 heavy (non-hydrogen) atoms. The molecule has 0 unspecified atom stereocenters. The van der Waals surface area contributed by atoms with Crippen molar-refractivity contribution in [1.82, 2.24) is 0 Å². The Kier molecular flexibility index (Phi) is 2.93. The van der Waals surface area contributed by atoms with Gasteiger partial charge in [-0.25, -0.2) is 0 Å². The van der Waals surface area contributed by atoms with Gasteiger partial charge in [0.2, 0.25) is 0 Å². The summed E-state index contributed by atoms with van der Waals surface area (Å²) >= 11 is 0. The molecule has 0 radical (unpaired) electrons. The Morgan fingerprint density at radius 3 is 2.08 bits per heavy atom. The molecule has 0 heterocycles. The Labute approximate surface area is 81.5 Å². The lowest BCUT2D eigenvalue weighted by atomic mass is 10.3. The molecule has 0 fully saturated rings. The molecular formula is C11H17NSi. The van der Waals surface area contributed by atoms with Gasteiger partial charge in [-0.1, -0.05) is 43.5 Å². The topological polar surface area (TPSA) is 12.0 Å². The van der Waals surface area contributed by atoms with E-state index in [1.54, 1.807) is 6.20 Å². The van der Waals surface area contributed by atoms with E-state index in [4.69, 9.17) is 0 Å². The highest BCUT2D eigenvalue weighted by Gasteiger charge is 2.15. The number of anilines is 1. The average molecular weight is 191 g/mol. The molecule has 0 aliphatic rings. The molecule has 0 aliphatic heterocycles. The molecule has 0 saturated heterocycles. The minimum Gasteiger partial charge on any atom is -0.362 e. The number of rotatable bonds is 3. The number of hydrogen-bond acceptors (Lipinski definition) is 1. The standard InChI is InChI=1S/C11H17NSi/c1-5-12-10-6-8-11(9-7-10)13(2,3)4/h5-9,12H,1H2,2-4H3. The quantitative estimate of drug-likeness (QED) is 0.724. The molecule has 0 spiro atoms. The molecule has 1 rings (SSSR count). The lowest BCUT2D eigenvalue weighted by Crippen LogP contribution is -2.37. The van der Waals surface area contributed by atoms with Gasteiger partial charge in [-0.05, 0) is 18.3 Å². The Hall–Kier alpha value is -1.02. The summed E-state index contributed by atoms with van der Waals surface area (Å²) in [6.07, 6.45) is 1.70. The molecule has 2 heteroatoms. The smallest absolute Gasteiger partial charge is 0.0775 e. The van der Waals surface area contributed by atoms with Gasteiger partial charge in [0.05, 0.1) is 8.07 Å². The summed E-state index contributed by atoms with van der Waals surface area (Å²) < 4.78 is 0. The molecule has 0 saturated carbocycles. The van der Waals surface area contributed by atoms with Crippen molar-refractivity contribution in [1.29, 1.82) is 0 Å². The van der Waals surface area contributed by atoms with Crippen LogP contribution in [0.1, 0.15) is 0 Å². The van der Waals surface area contributed by atoms with Crippen LogP contribution in [0.15, 0.2) is 37.0 Å². The molecule has 1 nitrogen and oxygen atoms in total. The normalized spacial score (nSPS) is 11.0. The lowest BCUT2D eigenvalue weighted by molar-refractivity contribution is 1.60. The maximum absolute atomic E-state index is 3.62. The second kappa shape index (κ2) is 3.79.